The van der Waals surface area contributed by atoms with Crippen molar-refractivity contribution < 1.29 is 80.1 Å². The first kappa shape index (κ1) is 17.9. The summed E-state index contributed by atoms with van der Waals surface area (Å²) >= 11 is 0. The van der Waals surface area contributed by atoms with Gasteiger partial charge in [0.15, 0.2) is 0 Å². The Morgan fingerprint density at radius 3 is 2.64 bits per heavy atom. The molecule has 0 aliphatic carbocycles. The topological polar surface area (TPSA) is 84.4 Å². The van der Waals surface area contributed by atoms with E-state index in [1.54, 1.807) is 0 Å². The van der Waals surface area contributed by atoms with Crippen LogP contribution in [-0.4, -0.2) is 42.9 Å². The van der Waals surface area contributed by atoms with E-state index in [-0.39, 0.29) is 84.2 Å². The number of piperidine rings is 1. The first-order valence-corrected chi connectivity index (χ1v) is 3.86. The molecule has 2 radical (unpaired) electrons. The molecule has 7 heteroatoms. The predicted molar refractivity (Wildman–Crippen MR) is 43.2 cm³/mol. The van der Waals surface area contributed by atoms with Crippen LogP contribution in [-0.2, 0) is 74.9 Å². The monoisotopic (exact) mass is 350 g/mol. The molecule has 2 unspecified atom stereocenters. The normalized spacial score (nSPS) is 25.8. The van der Waals surface area contributed by atoms with Crippen molar-refractivity contribution in [2.75, 3.05) is 19.7 Å². The summed E-state index contributed by atoms with van der Waals surface area (Å²) in [5, 5.41) is 12.3. The minimum Gasteiger partial charge on any atom is -0.676 e. The maximum atomic E-state index is 10.1. The summed E-state index contributed by atoms with van der Waals surface area (Å²) in [5.41, 5.74) is 7.37. The predicted octanol–water partition coefficient (Wildman–Crippen LogP) is 0.649. The molecule has 0 aromatic heterocycles. The van der Waals surface area contributed by atoms with Crippen molar-refractivity contribution in [1.82, 2.24) is 0 Å². The van der Waals surface area contributed by atoms with Gasteiger partial charge in [0.05, 0.1) is 0 Å². The molecule has 76 valence electrons. The Morgan fingerprint density at radius 2 is 2.14 bits per heavy atom. The molecule has 5 nitrogen and oxygen atoms in total. The summed E-state index contributed by atoms with van der Waals surface area (Å²) in [4.78, 5) is 10.1. The van der Waals surface area contributed by atoms with Crippen LogP contribution in [0.15, 0.2) is 0 Å². The molecular formula is C7H12N2O3Y2-2. The zero-order valence-electron chi connectivity index (χ0n) is 7.85. The molecule has 0 amide bonds. The number of carboxylic acids is 1. The van der Waals surface area contributed by atoms with Gasteiger partial charge >= 0.3 is 5.97 Å². The van der Waals surface area contributed by atoms with Gasteiger partial charge in [-0.2, -0.15) is 12.6 Å². The smallest absolute Gasteiger partial charge is 0.329 e. The van der Waals surface area contributed by atoms with Crippen LogP contribution in [0.2, 0.25) is 0 Å². The molecule has 1 saturated heterocycles. The second-order valence-corrected chi connectivity index (χ2v) is 2.85. The van der Waals surface area contributed by atoms with Crippen molar-refractivity contribution in [3.8, 4) is 0 Å². The van der Waals surface area contributed by atoms with Crippen LogP contribution >= 0.6 is 0 Å². The van der Waals surface area contributed by atoms with E-state index in [1.165, 1.54) is 0 Å². The molecule has 0 bridgehead atoms. The van der Waals surface area contributed by atoms with Gasteiger partial charge in [-0.05, 0) is 6.42 Å². The first-order chi connectivity index (χ1) is 5.68. The maximum absolute atomic E-state index is 10.1. The number of rotatable bonds is 3. The zero-order valence-corrected chi connectivity index (χ0v) is 13.5. The van der Waals surface area contributed by atoms with E-state index in [1.807, 2.05) is 0 Å². The standard InChI is InChI=1S/C7H12N2O3.2Y/c8-5-1-6(3-9-2-5)12-4-7(10)11;;/h5-6,8H,1-4H2,(H,10,11);;/q-2;;. The van der Waals surface area contributed by atoms with E-state index >= 15 is 0 Å². The van der Waals surface area contributed by atoms with Crippen molar-refractivity contribution in [2.24, 2.45) is 0 Å². The second kappa shape index (κ2) is 9.76. The van der Waals surface area contributed by atoms with Crippen molar-refractivity contribution in [1.29, 1.82) is 0 Å². The Labute approximate surface area is 134 Å². The number of carbonyl (C=O) groups is 1. The molecule has 2 N–H and O–H groups in total. The van der Waals surface area contributed by atoms with Gasteiger partial charge in [0.1, 0.15) is 6.61 Å². The average Bonchev–Trinajstić information content (AvgIpc) is 2.01. The Kier molecular flexibility index (Phi) is 12.5. The Morgan fingerprint density at radius 1 is 1.50 bits per heavy atom. The molecule has 1 aliphatic heterocycles. The average molecular weight is 350 g/mol. The number of nitrogens with zero attached hydrogens (tertiary/aromatic N) is 1. The van der Waals surface area contributed by atoms with Gasteiger partial charge in [0.25, 0.3) is 0 Å². The van der Waals surface area contributed by atoms with E-state index in [0.29, 0.717) is 19.5 Å². The van der Waals surface area contributed by atoms with Crippen LogP contribution in [0.4, 0.5) is 0 Å². The molecule has 1 fully saturated rings. The maximum Gasteiger partial charge on any atom is 0.329 e. The molecule has 0 saturated carbocycles. The molecule has 2 atom stereocenters. The van der Waals surface area contributed by atoms with Crippen LogP contribution in [0.1, 0.15) is 6.42 Å². The van der Waals surface area contributed by atoms with E-state index < -0.39 is 5.97 Å². The van der Waals surface area contributed by atoms with Gasteiger partial charge in [-0.3, -0.25) is 0 Å². The molecule has 0 aromatic rings. The van der Waals surface area contributed by atoms with Gasteiger partial charge in [0.2, 0.25) is 0 Å². The van der Waals surface area contributed by atoms with Crippen LogP contribution in [0, 0.1) is 0 Å². The Hall–Kier alpha value is 1.56. The summed E-state index contributed by atoms with van der Waals surface area (Å²) in [6.45, 7) is 0.794. The van der Waals surface area contributed by atoms with Gasteiger partial charge in [-0.1, -0.05) is 0 Å². The third-order valence-corrected chi connectivity index (χ3v) is 1.67. The fourth-order valence-corrected chi connectivity index (χ4v) is 1.15. The quantitative estimate of drug-likeness (QED) is 0.811. The minimum absolute atomic E-state index is 0. The summed E-state index contributed by atoms with van der Waals surface area (Å²) in [5.74, 6) is -0.970. The first-order valence-electron chi connectivity index (χ1n) is 3.86. The summed E-state index contributed by atoms with van der Waals surface area (Å²) < 4.78 is 5.00. The fourth-order valence-electron chi connectivity index (χ4n) is 1.15. The largest absolute Gasteiger partial charge is 0.676 e. The Balaban J connectivity index is 0. The van der Waals surface area contributed by atoms with Crippen molar-refractivity contribution in [2.45, 2.75) is 18.6 Å². The second-order valence-electron chi connectivity index (χ2n) is 2.85. The number of aliphatic carboxylic acids is 1. The molecule has 1 heterocycles. The molecule has 0 aromatic carbocycles. The molecule has 0 spiro atoms. The summed E-state index contributed by atoms with van der Waals surface area (Å²) in [6, 6.07) is -0.224. The number of carboxylic acid groups (broad SMARTS) is 1. The molecule has 1 aliphatic rings. The minimum atomic E-state index is -0.970. The van der Waals surface area contributed by atoms with Crippen LogP contribution in [0.5, 0.6) is 0 Å². The SMILES string of the molecule is [NH-]C1C[N-]CC(OCC(=O)O)C1.[Y].[Y]. The summed E-state index contributed by atoms with van der Waals surface area (Å²) in [7, 11) is 0. The van der Waals surface area contributed by atoms with Gasteiger partial charge < -0.3 is 20.9 Å². The van der Waals surface area contributed by atoms with Gasteiger partial charge in [0, 0.05) is 71.5 Å². The van der Waals surface area contributed by atoms with Crippen molar-refractivity contribution in [3.05, 3.63) is 11.1 Å². The third-order valence-electron chi connectivity index (χ3n) is 1.67. The molecule has 14 heavy (non-hydrogen) atoms. The van der Waals surface area contributed by atoms with Gasteiger partial charge in [-0.15, -0.1) is 6.54 Å². The third kappa shape index (κ3) is 7.80. The Bertz CT molecular complexity index is 171. The van der Waals surface area contributed by atoms with E-state index in [4.69, 9.17) is 15.6 Å². The molecular weight excluding hydrogens is 338 g/mol. The van der Waals surface area contributed by atoms with Crippen LogP contribution < -0.4 is 0 Å². The van der Waals surface area contributed by atoms with Crippen molar-refractivity contribution in [3.63, 3.8) is 0 Å². The fraction of sp³-hybridized carbons (Fsp3) is 0.857. The number of hydrogen-bond acceptors (Lipinski definition) is 2. The van der Waals surface area contributed by atoms with E-state index in [0.717, 1.165) is 0 Å². The summed E-state index contributed by atoms with van der Waals surface area (Å²) in [6.07, 6.45) is 0.425. The number of hydrogen-bond donors (Lipinski definition) is 1. The number of nitrogens with one attached hydrogen (secondary N) is 1. The zero-order chi connectivity index (χ0) is 8.97. The van der Waals surface area contributed by atoms with E-state index in [9.17, 15) is 4.79 Å². The van der Waals surface area contributed by atoms with Crippen LogP contribution in [0.25, 0.3) is 11.1 Å². The van der Waals surface area contributed by atoms with Crippen LogP contribution in [0.3, 0.4) is 0 Å². The number of ether oxygens (including phenoxy) is 1. The van der Waals surface area contributed by atoms with Gasteiger partial charge in [-0.25, -0.2) is 4.79 Å². The molecule has 1 rings (SSSR count). The van der Waals surface area contributed by atoms with Crippen molar-refractivity contribution >= 4 is 5.97 Å². The van der Waals surface area contributed by atoms with E-state index in [2.05, 4.69) is 5.32 Å².